The largest absolute Gasteiger partial charge is 0.493 e. The van der Waals surface area contributed by atoms with Crippen LogP contribution in [0.15, 0.2) is 18.2 Å². The second kappa shape index (κ2) is 6.22. The third-order valence-electron chi connectivity index (χ3n) is 3.25. The van der Waals surface area contributed by atoms with Crippen molar-refractivity contribution in [3.05, 3.63) is 29.3 Å². The normalized spacial score (nSPS) is 14.3. The maximum atomic E-state index is 10.6. The predicted octanol–water partition coefficient (Wildman–Crippen LogP) is 1.14. The predicted molar refractivity (Wildman–Crippen MR) is 69.2 cm³/mol. The van der Waals surface area contributed by atoms with Crippen LogP contribution in [0.3, 0.4) is 0 Å². The van der Waals surface area contributed by atoms with Crippen LogP contribution in [0.5, 0.6) is 5.75 Å². The van der Waals surface area contributed by atoms with Gasteiger partial charge in [-0.25, -0.2) is 0 Å². The van der Waals surface area contributed by atoms with Crippen LogP contribution in [0.25, 0.3) is 0 Å². The molecule has 19 heavy (non-hydrogen) atoms. The van der Waals surface area contributed by atoms with Gasteiger partial charge < -0.3 is 15.2 Å². The Labute approximate surface area is 111 Å². The molecular weight excluding hydrogens is 246 g/mol. The Kier molecular flexibility index (Phi) is 4.39. The Morgan fingerprint density at radius 2 is 2.37 bits per heavy atom. The highest BCUT2D eigenvalue weighted by atomic mass is 16.5. The smallest absolute Gasteiger partial charge is 0.303 e. The topological polar surface area (TPSA) is 75.6 Å². The first-order valence-corrected chi connectivity index (χ1v) is 6.35. The van der Waals surface area contributed by atoms with Crippen LogP contribution in [-0.2, 0) is 22.4 Å². The fraction of sp³-hybridized carbons (Fsp3) is 0.429. The van der Waals surface area contributed by atoms with E-state index in [9.17, 15) is 9.59 Å². The fourth-order valence-electron chi connectivity index (χ4n) is 2.29. The SMILES string of the molecule is O=CNC(CCC(=O)O)Cc1ccc2c(c1)CCO2. The third kappa shape index (κ3) is 3.71. The van der Waals surface area contributed by atoms with Crippen molar-refractivity contribution in [2.24, 2.45) is 0 Å². The van der Waals surface area contributed by atoms with E-state index >= 15 is 0 Å². The molecular formula is C14H17NO4. The summed E-state index contributed by atoms with van der Waals surface area (Å²) in [4.78, 5) is 21.1. The van der Waals surface area contributed by atoms with Crippen molar-refractivity contribution in [3.8, 4) is 5.75 Å². The van der Waals surface area contributed by atoms with Gasteiger partial charge in [-0.15, -0.1) is 0 Å². The van der Waals surface area contributed by atoms with Gasteiger partial charge in [-0.3, -0.25) is 9.59 Å². The highest BCUT2D eigenvalue weighted by molar-refractivity contribution is 5.66. The summed E-state index contributed by atoms with van der Waals surface area (Å²) >= 11 is 0. The van der Waals surface area contributed by atoms with E-state index < -0.39 is 5.97 Å². The van der Waals surface area contributed by atoms with Gasteiger partial charge in [-0.2, -0.15) is 0 Å². The number of benzene rings is 1. The number of carboxylic acids is 1. The molecule has 0 fully saturated rings. The standard InChI is InChI=1S/C14H17NO4/c16-9-15-12(2-4-14(17)18)8-10-1-3-13-11(7-10)5-6-19-13/h1,3,7,9,12H,2,4-6,8H2,(H,15,16)(H,17,18). The number of hydrogen-bond donors (Lipinski definition) is 2. The zero-order chi connectivity index (χ0) is 13.7. The van der Waals surface area contributed by atoms with Crippen molar-refractivity contribution >= 4 is 12.4 Å². The number of carbonyl (C=O) groups excluding carboxylic acids is 1. The van der Waals surface area contributed by atoms with Crippen LogP contribution < -0.4 is 10.1 Å². The van der Waals surface area contributed by atoms with Gasteiger partial charge in [0.2, 0.25) is 6.41 Å². The van der Waals surface area contributed by atoms with Crippen LogP contribution in [-0.4, -0.2) is 30.1 Å². The number of aliphatic carboxylic acids is 1. The molecule has 102 valence electrons. The molecule has 0 spiro atoms. The van der Waals surface area contributed by atoms with E-state index in [1.807, 2.05) is 12.1 Å². The highest BCUT2D eigenvalue weighted by Gasteiger charge is 2.15. The van der Waals surface area contributed by atoms with Crippen molar-refractivity contribution < 1.29 is 19.4 Å². The van der Waals surface area contributed by atoms with E-state index in [4.69, 9.17) is 9.84 Å². The van der Waals surface area contributed by atoms with Crippen molar-refractivity contribution in [1.29, 1.82) is 0 Å². The average molecular weight is 263 g/mol. The molecule has 1 aliphatic heterocycles. The van der Waals surface area contributed by atoms with E-state index in [2.05, 4.69) is 11.4 Å². The lowest BCUT2D eigenvalue weighted by molar-refractivity contribution is -0.137. The number of hydrogen-bond acceptors (Lipinski definition) is 3. The Morgan fingerprint density at radius 1 is 1.53 bits per heavy atom. The quantitative estimate of drug-likeness (QED) is 0.723. The van der Waals surface area contributed by atoms with Gasteiger partial charge >= 0.3 is 5.97 Å². The van der Waals surface area contributed by atoms with Gasteiger partial charge in [0, 0.05) is 18.9 Å². The summed E-state index contributed by atoms with van der Waals surface area (Å²) in [5.74, 6) is 0.0780. The second-order valence-corrected chi connectivity index (χ2v) is 4.66. The molecule has 5 heteroatoms. The summed E-state index contributed by atoms with van der Waals surface area (Å²) < 4.78 is 5.44. The molecule has 0 bridgehead atoms. The number of carboxylic acid groups (broad SMARTS) is 1. The molecule has 1 heterocycles. The van der Waals surface area contributed by atoms with Crippen LogP contribution in [0.2, 0.25) is 0 Å². The summed E-state index contributed by atoms with van der Waals surface area (Å²) in [7, 11) is 0. The van der Waals surface area contributed by atoms with Crippen LogP contribution in [0, 0.1) is 0 Å². The first-order valence-electron chi connectivity index (χ1n) is 6.35. The third-order valence-corrected chi connectivity index (χ3v) is 3.25. The van der Waals surface area contributed by atoms with Crippen LogP contribution in [0.4, 0.5) is 0 Å². The zero-order valence-corrected chi connectivity index (χ0v) is 10.6. The lowest BCUT2D eigenvalue weighted by Crippen LogP contribution is -2.30. The minimum atomic E-state index is -0.847. The van der Waals surface area contributed by atoms with Crippen LogP contribution >= 0.6 is 0 Å². The Balaban J connectivity index is 1.99. The fourth-order valence-corrected chi connectivity index (χ4v) is 2.29. The van der Waals surface area contributed by atoms with E-state index in [-0.39, 0.29) is 12.5 Å². The molecule has 1 aliphatic rings. The van der Waals surface area contributed by atoms with Gasteiger partial charge in [-0.05, 0) is 30.0 Å². The molecule has 1 aromatic carbocycles. The number of ether oxygens (including phenoxy) is 1. The summed E-state index contributed by atoms with van der Waals surface area (Å²) in [5.41, 5.74) is 2.27. The van der Waals surface area contributed by atoms with E-state index in [0.717, 1.165) is 17.7 Å². The first-order chi connectivity index (χ1) is 9.19. The van der Waals surface area contributed by atoms with Gasteiger partial charge in [-0.1, -0.05) is 12.1 Å². The van der Waals surface area contributed by atoms with Crippen molar-refractivity contribution in [2.75, 3.05) is 6.61 Å². The molecule has 0 aliphatic carbocycles. The molecule has 1 aromatic rings. The maximum Gasteiger partial charge on any atom is 0.303 e. The van der Waals surface area contributed by atoms with E-state index in [1.165, 1.54) is 5.56 Å². The maximum absolute atomic E-state index is 10.6. The Bertz CT molecular complexity index is 473. The minimum absolute atomic E-state index is 0.0551. The highest BCUT2D eigenvalue weighted by Crippen LogP contribution is 2.26. The second-order valence-electron chi connectivity index (χ2n) is 4.66. The van der Waals surface area contributed by atoms with Crippen molar-refractivity contribution in [2.45, 2.75) is 31.7 Å². The molecule has 0 saturated carbocycles. The Hall–Kier alpha value is -2.04. The average Bonchev–Trinajstić information content (AvgIpc) is 2.83. The number of nitrogens with one attached hydrogen (secondary N) is 1. The summed E-state index contributed by atoms with van der Waals surface area (Å²) in [6.07, 6.45) is 2.66. The Morgan fingerprint density at radius 3 is 3.11 bits per heavy atom. The van der Waals surface area contributed by atoms with Gasteiger partial charge in [0.1, 0.15) is 5.75 Å². The molecule has 2 rings (SSSR count). The summed E-state index contributed by atoms with van der Waals surface area (Å²) in [6.45, 7) is 0.716. The van der Waals surface area contributed by atoms with E-state index in [1.54, 1.807) is 0 Å². The molecule has 1 unspecified atom stereocenters. The van der Waals surface area contributed by atoms with Crippen molar-refractivity contribution in [3.63, 3.8) is 0 Å². The molecule has 1 atom stereocenters. The molecule has 0 aromatic heterocycles. The zero-order valence-electron chi connectivity index (χ0n) is 10.6. The van der Waals surface area contributed by atoms with Gasteiger partial charge in [0.05, 0.1) is 6.61 Å². The summed E-state index contributed by atoms with van der Waals surface area (Å²) in [6, 6.07) is 5.83. The molecule has 0 saturated heterocycles. The lowest BCUT2D eigenvalue weighted by atomic mass is 9.99. The first kappa shape index (κ1) is 13.4. The molecule has 1 amide bonds. The van der Waals surface area contributed by atoms with Gasteiger partial charge in [0.25, 0.3) is 0 Å². The lowest BCUT2D eigenvalue weighted by Gasteiger charge is -2.15. The molecule has 2 N–H and O–H groups in total. The number of carbonyl (C=O) groups is 2. The summed E-state index contributed by atoms with van der Waals surface area (Å²) in [5, 5.41) is 11.4. The molecule has 5 nitrogen and oxygen atoms in total. The number of amides is 1. The van der Waals surface area contributed by atoms with Crippen molar-refractivity contribution in [1.82, 2.24) is 5.32 Å². The minimum Gasteiger partial charge on any atom is -0.493 e. The van der Waals surface area contributed by atoms with Crippen LogP contribution in [0.1, 0.15) is 24.0 Å². The number of rotatable bonds is 7. The van der Waals surface area contributed by atoms with Gasteiger partial charge in [0.15, 0.2) is 0 Å². The number of fused-ring (bicyclic) bond motifs is 1. The van der Waals surface area contributed by atoms with E-state index in [0.29, 0.717) is 25.9 Å². The monoisotopic (exact) mass is 263 g/mol. The molecule has 0 radical (unpaired) electrons.